The number of pyridine rings is 1. The first-order chi connectivity index (χ1) is 8.61. The van der Waals surface area contributed by atoms with E-state index >= 15 is 0 Å². The van der Waals surface area contributed by atoms with Crippen molar-refractivity contribution in [2.45, 2.75) is 24.4 Å². The van der Waals surface area contributed by atoms with E-state index in [0.717, 1.165) is 11.4 Å². The number of anilines is 1. The van der Waals surface area contributed by atoms with E-state index in [1.807, 2.05) is 6.26 Å². The molecule has 1 aromatic rings. The number of rotatable bonds is 4. The molecular formula is C11H15N3O3S. The highest BCUT2D eigenvalue weighted by molar-refractivity contribution is 7.98. The second kappa shape index (κ2) is 5.53. The number of nitrogens with one attached hydrogen (secondary N) is 1. The Morgan fingerprint density at radius 2 is 2.44 bits per heavy atom. The predicted octanol–water partition coefficient (Wildman–Crippen LogP) is 2.22. The molecule has 1 aliphatic rings. The molecule has 0 saturated carbocycles. The summed E-state index contributed by atoms with van der Waals surface area (Å²) < 4.78 is 5.25. The summed E-state index contributed by atoms with van der Waals surface area (Å²) >= 11 is 1.47. The normalized spacial score (nSPS) is 18.9. The Hall–Kier alpha value is -1.34. The van der Waals surface area contributed by atoms with Gasteiger partial charge in [0, 0.05) is 12.2 Å². The first-order valence-electron chi connectivity index (χ1n) is 5.66. The molecule has 0 bridgehead atoms. The number of aromatic nitrogens is 1. The SMILES string of the molecule is CSc1cc(C)c([N+](=O)[O-])c(NC2CCOC2)n1. The van der Waals surface area contributed by atoms with Gasteiger partial charge in [0.1, 0.15) is 0 Å². The van der Waals surface area contributed by atoms with Gasteiger partial charge in [-0.05, 0) is 25.7 Å². The van der Waals surface area contributed by atoms with E-state index in [0.29, 0.717) is 24.6 Å². The third-order valence-corrected chi connectivity index (χ3v) is 3.45. The Morgan fingerprint density at radius 3 is 3.00 bits per heavy atom. The van der Waals surface area contributed by atoms with Gasteiger partial charge >= 0.3 is 5.69 Å². The van der Waals surface area contributed by atoms with E-state index in [1.54, 1.807) is 13.0 Å². The fourth-order valence-electron chi connectivity index (χ4n) is 1.91. The molecule has 0 spiro atoms. The zero-order valence-corrected chi connectivity index (χ0v) is 11.1. The number of hydrogen-bond acceptors (Lipinski definition) is 6. The zero-order chi connectivity index (χ0) is 13.1. The molecule has 2 heterocycles. The van der Waals surface area contributed by atoms with Gasteiger partial charge in [-0.1, -0.05) is 0 Å². The zero-order valence-electron chi connectivity index (χ0n) is 10.3. The number of nitro groups is 1. The fraction of sp³-hybridized carbons (Fsp3) is 0.545. The van der Waals surface area contributed by atoms with Crippen molar-refractivity contribution in [1.82, 2.24) is 4.98 Å². The van der Waals surface area contributed by atoms with Crippen LogP contribution in [0.3, 0.4) is 0 Å². The van der Waals surface area contributed by atoms with Gasteiger partial charge in [-0.2, -0.15) is 0 Å². The molecule has 1 fully saturated rings. The van der Waals surface area contributed by atoms with E-state index in [-0.39, 0.29) is 16.7 Å². The maximum atomic E-state index is 11.1. The summed E-state index contributed by atoms with van der Waals surface area (Å²) in [6, 6.07) is 1.84. The summed E-state index contributed by atoms with van der Waals surface area (Å²) in [4.78, 5) is 15.0. The van der Waals surface area contributed by atoms with Crippen molar-refractivity contribution in [3.05, 3.63) is 21.7 Å². The van der Waals surface area contributed by atoms with Gasteiger partial charge in [-0.3, -0.25) is 10.1 Å². The molecule has 0 aromatic carbocycles. The average molecular weight is 269 g/mol. The molecule has 18 heavy (non-hydrogen) atoms. The third kappa shape index (κ3) is 2.73. The average Bonchev–Trinajstić information content (AvgIpc) is 2.80. The number of thioether (sulfide) groups is 1. The molecule has 0 aliphatic carbocycles. The minimum Gasteiger partial charge on any atom is -0.379 e. The lowest BCUT2D eigenvalue weighted by Gasteiger charge is -2.13. The van der Waals surface area contributed by atoms with Crippen molar-refractivity contribution in [3.8, 4) is 0 Å². The first kappa shape index (κ1) is 13.1. The molecule has 1 aromatic heterocycles. The van der Waals surface area contributed by atoms with Gasteiger partial charge < -0.3 is 10.1 Å². The van der Waals surface area contributed by atoms with Crippen LogP contribution < -0.4 is 5.32 Å². The van der Waals surface area contributed by atoms with Crippen LogP contribution in [0.15, 0.2) is 11.1 Å². The number of aryl methyl sites for hydroxylation is 1. The van der Waals surface area contributed by atoms with E-state index < -0.39 is 0 Å². The highest BCUT2D eigenvalue weighted by Crippen LogP contribution is 2.30. The maximum absolute atomic E-state index is 11.1. The lowest BCUT2D eigenvalue weighted by Crippen LogP contribution is -2.21. The fourth-order valence-corrected chi connectivity index (χ4v) is 2.39. The van der Waals surface area contributed by atoms with Crippen LogP contribution in [0.4, 0.5) is 11.5 Å². The van der Waals surface area contributed by atoms with Crippen LogP contribution >= 0.6 is 11.8 Å². The maximum Gasteiger partial charge on any atom is 0.314 e. The lowest BCUT2D eigenvalue weighted by atomic mass is 10.2. The third-order valence-electron chi connectivity index (χ3n) is 2.82. The largest absolute Gasteiger partial charge is 0.379 e. The molecule has 1 saturated heterocycles. The Balaban J connectivity index is 2.34. The Morgan fingerprint density at radius 1 is 1.67 bits per heavy atom. The first-order valence-corrected chi connectivity index (χ1v) is 6.88. The molecular weight excluding hydrogens is 254 g/mol. The summed E-state index contributed by atoms with van der Waals surface area (Å²) in [5.74, 6) is 0.347. The van der Waals surface area contributed by atoms with Crippen LogP contribution in [0.1, 0.15) is 12.0 Å². The molecule has 1 aliphatic heterocycles. The van der Waals surface area contributed by atoms with Crippen LogP contribution in [-0.4, -0.2) is 35.4 Å². The lowest BCUT2D eigenvalue weighted by molar-refractivity contribution is -0.384. The van der Waals surface area contributed by atoms with Gasteiger partial charge in [0.15, 0.2) is 0 Å². The smallest absolute Gasteiger partial charge is 0.314 e. The molecule has 98 valence electrons. The van der Waals surface area contributed by atoms with Gasteiger partial charge in [-0.25, -0.2) is 4.98 Å². The molecule has 1 unspecified atom stereocenters. The van der Waals surface area contributed by atoms with Gasteiger partial charge in [0.2, 0.25) is 5.82 Å². The van der Waals surface area contributed by atoms with Crippen molar-refractivity contribution >= 4 is 23.3 Å². The van der Waals surface area contributed by atoms with Gasteiger partial charge in [0.05, 0.1) is 22.6 Å². The molecule has 0 amide bonds. The second-order valence-corrected chi connectivity index (χ2v) is 4.97. The monoisotopic (exact) mass is 269 g/mol. The molecule has 2 rings (SSSR count). The number of ether oxygens (including phenoxy) is 1. The van der Waals surface area contributed by atoms with E-state index in [9.17, 15) is 10.1 Å². The topological polar surface area (TPSA) is 77.3 Å². The quantitative estimate of drug-likeness (QED) is 0.513. The van der Waals surface area contributed by atoms with Crippen molar-refractivity contribution < 1.29 is 9.66 Å². The second-order valence-electron chi connectivity index (χ2n) is 4.14. The molecule has 1 N–H and O–H groups in total. The predicted molar refractivity (Wildman–Crippen MR) is 70.3 cm³/mol. The summed E-state index contributed by atoms with van der Waals surface area (Å²) in [6.07, 6.45) is 2.75. The Kier molecular flexibility index (Phi) is 4.03. The minimum absolute atomic E-state index is 0.0553. The summed E-state index contributed by atoms with van der Waals surface area (Å²) in [7, 11) is 0. The van der Waals surface area contributed by atoms with Crippen molar-refractivity contribution in [2.75, 3.05) is 24.8 Å². The van der Waals surface area contributed by atoms with Crippen LogP contribution in [0.25, 0.3) is 0 Å². The Labute approximate surface area is 109 Å². The van der Waals surface area contributed by atoms with Crippen LogP contribution in [0.5, 0.6) is 0 Å². The molecule has 7 heteroatoms. The van der Waals surface area contributed by atoms with Crippen molar-refractivity contribution in [1.29, 1.82) is 0 Å². The van der Waals surface area contributed by atoms with Gasteiger partial charge in [-0.15, -0.1) is 11.8 Å². The summed E-state index contributed by atoms with van der Waals surface area (Å²) in [5, 5.41) is 15.0. The van der Waals surface area contributed by atoms with Crippen molar-refractivity contribution in [3.63, 3.8) is 0 Å². The highest BCUT2D eigenvalue weighted by atomic mass is 32.2. The summed E-state index contributed by atoms with van der Waals surface area (Å²) in [6.45, 7) is 2.99. The molecule has 1 atom stereocenters. The van der Waals surface area contributed by atoms with E-state index in [2.05, 4.69) is 10.3 Å². The standard InChI is InChI=1S/C11H15N3O3S/c1-7-5-9(18-2)13-11(10(7)14(15)16)12-8-3-4-17-6-8/h5,8H,3-4,6H2,1-2H3,(H,12,13). The van der Waals surface area contributed by atoms with Crippen LogP contribution in [0, 0.1) is 17.0 Å². The number of nitrogens with zero attached hydrogens (tertiary/aromatic N) is 2. The summed E-state index contributed by atoms with van der Waals surface area (Å²) in [5.41, 5.74) is 0.681. The van der Waals surface area contributed by atoms with E-state index in [1.165, 1.54) is 11.8 Å². The highest BCUT2D eigenvalue weighted by Gasteiger charge is 2.24. The van der Waals surface area contributed by atoms with Crippen LogP contribution in [-0.2, 0) is 4.74 Å². The molecule has 0 radical (unpaired) electrons. The Bertz CT molecular complexity index is 461. The van der Waals surface area contributed by atoms with Crippen molar-refractivity contribution in [2.24, 2.45) is 0 Å². The van der Waals surface area contributed by atoms with Crippen LogP contribution in [0.2, 0.25) is 0 Å². The number of hydrogen-bond donors (Lipinski definition) is 1. The van der Waals surface area contributed by atoms with E-state index in [4.69, 9.17) is 4.74 Å². The minimum atomic E-state index is -0.384. The van der Waals surface area contributed by atoms with Gasteiger partial charge in [0.25, 0.3) is 0 Å². The molecule has 6 nitrogen and oxygen atoms in total.